The topological polar surface area (TPSA) is 83.7 Å². The molecule has 1 aromatic heterocycles. The van der Waals surface area contributed by atoms with Crippen LogP contribution in [0.4, 0.5) is 0 Å². The van der Waals surface area contributed by atoms with Crippen molar-refractivity contribution < 1.29 is 23.5 Å². The maximum Gasteiger partial charge on any atom is 0.344 e. The molecule has 0 aliphatic heterocycles. The van der Waals surface area contributed by atoms with Crippen molar-refractivity contribution in [3.05, 3.63) is 60.0 Å². The summed E-state index contributed by atoms with van der Waals surface area (Å²) in [4.78, 5) is 16.1. The van der Waals surface area contributed by atoms with E-state index in [-0.39, 0.29) is 19.1 Å². The van der Waals surface area contributed by atoms with Gasteiger partial charge in [-0.3, -0.25) is 0 Å². The first kappa shape index (κ1) is 18.4. The summed E-state index contributed by atoms with van der Waals surface area (Å²) in [6.45, 7) is 1.75. The van der Waals surface area contributed by atoms with E-state index in [0.29, 0.717) is 22.9 Å². The molecule has 0 amide bonds. The molecule has 7 heteroatoms. The van der Waals surface area contributed by atoms with Crippen LogP contribution < -0.4 is 9.47 Å². The number of nitrogens with zero attached hydrogens (tertiary/aromatic N) is 2. The van der Waals surface area contributed by atoms with E-state index >= 15 is 0 Å². The molecule has 0 atom stereocenters. The quantitative estimate of drug-likeness (QED) is 0.563. The third-order valence-electron chi connectivity index (χ3n) is 3.86. The minimum absolute atomic E-state index is 0.126. The zero-order valence-corrected chi connectivity index (χ0v) is 15.2. The van der Waals surface area contributed by atoms with Gasteiger partial charge in [0.25, 0.3) is 5.89 Å². The summed E-state index contributed by atoms with van der Waals surface area (Å²) >= 11 is 0. The summed E-state index contributed by atoms with van der Waals surface area (Å²) in [5.74, 6) is 1.28. The Balaban J connectivity index is 1.51. The number of benzene rings is 2. The summed E-state index contributed by atoms with van der Waals surface area (Å²) in [7, 11) is 1.57. The van der Waals surface area contributed by atoms with Crippen molar-refractivity contribution in [1.82, 2.24) is 10.1 Å². The molecule has 0 spiro atoms. The fraction of sp³-hybridized carbons (Fsp3) is 0.250. The molecule has 0 fully saturated rings. The average Bonchev–Trinajstić information content (AvgIpc) is 3.20. The highest BCUT2D eigenvalue weighted by Crippen LogP contribution is 2.27. The molecule has 0 saturated carbocycles. The predicted molar refractivity (Wildman–Crippen MR) is 97.4 cm³/mol. The summed E-state index contributed by atoms with van der Waals surface area (Å²) in [6, 6.07) is 14.9. The van der Waals surface area contributed by atoms with Crippen molar-refractivity contribution in [3.8, 4) is 22.9 Å². The van der Waals surface area contributed by atoms with Crippen molar-refractivity contribution in [2.75, 3.05) is 13.7 Å². The van der Waals surface area contributed by atoms with E-state index in [1.807, 2.05) is 42.5 Å². The Labute approximate surface area is 156 Å². The second-order valence-electron chi connectivity index (χ2n) is 5.66. The molecule has 2 aromatic carbocycles. The third kappa shape index (κ3) is 4.84. The van der Waals surface area contributed by atoms with E-state index in [1.165, 1.54) is 5.56 Å². The molecule has 0 N–H and O–H groups in total. The second kappa shape index (κ2) is 8.84. The number of esters is 1. The number of ether oxygens (including phenoxy) is 3. The molecule has 0 unspecified atom stereocenters. The minimum Gasteiger partial charge on any atom is -0.496 e. The SMILES string of the molecule is CCc1ccc(OCC(=O)OCc2nc(-c3ccccc3OC)no2)cc1. The van der Waals surface area contributed by atoms with Crippen molar-refractivity contribution in [2.45, 2.75) is 20.0 Å². The first-order valence-electron chi connectivity index (χ1n) is 8.53. The largest absolute Gasteiger partial charge is 0.496 e. The minimum atomic E-state index is -0.522. The Morgan fingerprint density at radius 2 is 1.89 bits per heavy atom. The third-order valence-corrected chi connectivity index (χ3v) is 3.86. The van der Waals surface area contributed by atoms with E-state index in [9.17, 15) is 4.79 Å². The molecule has 3 rings (SSSR count). The molecule has 0 aliphatic carbocycles. The molecule has 3 aromatic rings. The zero-order valence-electron chi connectivity index (χ0n) is 15.2. The van der Waals surface area contributed by atoms with E-state index in [4.69, 9.17) is 18.7 Å². The van der Waals surface area contributed by atoms with E-state index < -0.39 is 5.97 Å². The van der Waals surface area contributed by atoms with E-state index in [2.05, 4.69) is 17.1 Å². The van der Waals surface area contributed by atoms with E-state index in [1.54, 1.807) is 13.2 Å². The van der Waals surface area contributed by atoms with Crippen LogP contribution in [0.15, 0.2) is 53.1 Å². The molecular weight excluding hydrogens is 348 g/mol. The Kier molecular flexibility index (Phi) is 6.04. The lowest BCUT2D eigenvalue weighted by molar-refractivity contribution is -0.148. The van der Waals surface area contributed by atoms with Gasteiger partial charge in [-0.15, -0.1) is 0 Å². The number of aromatic nitrogens is 2. The van der Waals surface area contributed by atoms with Crippen LogP contribution in [0.3, 0.4) is 0 Å². The summed E-state index contributed by atoms with van der Waals surface area (Å²) in [5.41, 5.74) is 1.90. The van der Waals surface area contributed by atoms with Crippen molar-refractivity contribution in [2.24, 2.45) is 0 Å². The summed E-state index contributed by atoms with van der Waals surface area (Å²) in [6.07, 6.45) is 0.948. The number of aryl methyl sites for hydroxylation is 1. The van der Waals surface area contributed by atoms with Gasteiger partial charge >= 0.3 is 5.97 Å². The Morgan fingerprint density at radius 1 is 1.11 bits per heavy atom. The first-order chi connectivity index (χ1) is 13.2. The van der Waals surface area contributed by atoms with Gasteiger partial charge in [0.15, 0.2) is 13.2 Å². The Bertz CT molecular complexity index is 889. The van der Waals surface area contributed by atoms with Crippen LogP contribution in [0.1, 0.15) is 18.4 Å². The number of carbonyl (C=O) groups excluding carboxylic acids is 1. The smallest absolute Gasteiger partial charge is 0.344 e. The van der Waals surface area contributed by atoms with Gasteiger partial charge in [-0.1, -0.05) is 36.3 Å². The van der Waals surface area contributed by atoms with Gasteiger partial charge in [-0.25, -0.2) is 4.79 Å². The van der Waals surface area contributed by atoms with Gasteiger partial charge in [-0.05, 0) is 36.2 Å². The maximum atomic E-state index is 11.8. The maximum absolute atomic E-state index is 11.8. The molecule has 0 saturated heterocycles. The summed E-state index contributed by atoms with van der Waals surface area (Å²) in [5, 5.41) is 3.89. The molecule has 0 radical (unpaired) electrons. The van der Waals surface area contributed by atoms with Crippen molar-refractivity contribution in [3.63, 3.8) is 0 Å². The highest BCUT2D eigenvalue weighted by atomic mass is 16.6. The number of methoxy groups -OCH3 is 1. The molecule has 140 valence electrons. The highest BCUT2D eigenvalue weighted by molar-refractivity contribution is 5.71. The first-order valence-corrected chi connectivity index (χ1v) is 8.53. The second-order valence-corrected chi connectivity index (χ2v) is 5.66. The number of rotatable bonds is 8. The van der Waals surface area contributed by atoms with Crippen LogP contribution in [0.2, 0.25) is 0 Å². The van der Waals surface area contributed by atoms with E-state index in [0.717, 1.165) is 6.42 Å². The number of hydrogen-bond donors (Lipinski definition) is 0. The van der Waals surface area contributed by atoms with Gasteiger partial charge in [0.1, 0.15) is 11.5 Å². The molecule has 0 bridgehead atoms. The Morgan fingerprint density at radius 3 is 2.63 bits per heavy atom. The fourth-order valence-corrected chi connectivity index (χ4v) is 2.40. The monoisotopic (exact) mass is 368 g/mol. The van der Waals surface area contributed by atoms with Crippen LogP contribution >= 0.6 is 0 Å². The normalized spacial score (nSPS) is 10.4. The zero-order chi connectivity index (χ0) is 19.1. The number of carbonyl (C=O) groups is 1. The molecule has 1 heterocycles. The standard InChI is InChI=1S/C20H20N2O5/c1-3-14-8-10-15(11-9-14)25-13-19(23)26-12-18-21-20(22-27-18)16-6-4-5-7-17(16)24-2/h4-11H,3,12-13H2,1-2H3. The molecule has 27 heavy (non-hydrogen) atoms. The number of hydrogen-bond acceptors (Lipinski definition) is 7. The van der Waals surface area contributed by atoms with Crippen LogP contribution in [0, 0.1) is 0 Å². The van der Waals surface area contributed by atoms with Crippen molar-refractivity contribution in [1.29, 1.82) is 0 Å². The molecule has 0 aliphatic rings. The van der Waals surface area contributed by atoms with Gasteiger partial charge in [0, 0.05) is 0 Å². The average molecular weight is 368 g/mol. The van der Waals surface area contributed by atoms with Gasteiger partial charge in [-0.2, -0.15) is 4.98 Å². The highest BCUT2D eigenvalue weighted by Gasteiger charge is 2.14. The lowest BCUT2D eigenvalue weighted by atomic mass is 10.2. The predicted octanol–water partition coefficient (Wildman–Crippen LogP) is 3.43. The van der Waals surface area contributed by atoms with Gasteiger partial charge < -0.3 is 18.7 Å². The summed E-state index contributed by atoms with van der Waals surface area (Å²) < 4.78 is 20.9. The van der Waals surface area contributed by atoms with Crippen molar-refractivity contribution >= 4 is 5.97 Å². The number of para-hydroxylation sites is 1. The van der Waals surface area contributed by atoms with Crippen LogP contribution in [0.5, 0.6) is 11.5 Å². The van der Waals surface area contributed by atoms with Crippen LogP contribution in [0.25, 0.3) is 11.4 Å². The lowest BCUT2D eigenvalue weighted by Gasteiger charge is -2.06. The molecular formula is C20H20N2O5. The molecule has 7 nitrogen and oxygen atoms in total. The van der Waals surface area contributed by atoms with Gasteiger partial charge in [0.2, 0.25) is 5.82 Å². The lowest BCUT2D eigenvalue weighted by Crippen LogP contribution is -2.14. The fourth-order valence-electron chi connectivity index (χ4n) is 2.40. The van der Waals surface area contributed by atoms with Crippen LogP contribution in [-0.2, 0) is 22.6 Å². The van der Waals surface area contributed by atoms with Gasteiger partial charge in [0.05, 0.1) is 12.7 Å². The van der Waals surface area contributed by atoms with Crippen LogP contribution in [-0.4, -0.2) is 29.8 Å². The Hall–Kier alpha value is -3.35.